The summed E-state index contributed by atoms with van der Waals surface area (Å²) in [6, 6.07) is 16.0. The van der Waals surface area contributed by atoms with E-state index in [0.29, 0.717) is 0 Å². The number of anilines is 1. The van der Waals surface area contributed by atoms with Gasteiger partial charge in [-0.25, -0.2) is 4.68 Å². The molecule has 3 aromatic rings. The zero-order chi connectivity index (χ0) is 17.2. The summed E-state index contributed by atoms with van der Waals surface area (Å²) in [6.07, 6.45) is 3.97. The zero-order valence-corrected chi connectivity index (χ0v) is 16.1. The largest absolute Gasteiger partial charge is 0.325 e. The first kappa shape index (κ1) is 18.8. The van der Waals surface area contributed by atoms with Crippen molar-refractivity contribution in [2.75, 3.05) is 18.1 Å². The fourth-order valence-electron chi connectivity index (χ4n) is 3.22. The zero-order valence-electron chi connectivity index (χ0n) is 14.4. The van der Waals surface area contributed by atoms with Crippen LogP contribution < -0.4 is 10.6 Å². The molecule has 0 radical (unpaired) electrons. The summed E-state index contributed by atoms with van der Waals surface area (Å²) < 4.78 is 1.94. The number of amides is 1. The van der Waals surface area contributed by atoms with Gasteiger partial charge in [0.05, 0.1) is 17.2 Å². The van der Waals surface area contributed by atoms with Gasteiger partial charge in [0.25, 0.3) is 0 Å². The molecule has 1 atom stereocenters. The van der Waals surface area contributed by atoms with Gasteiger partial charge in [-0.15, -0.1) is 24.2 Å². The molecule has 0 bridgehead atoms. The maximum absolute atomic E-state index is 12.4. The first-order valence-corrected chi connectivity index (χ1v) is 9.65. The fourth-order valence-corrected chi connectivity index (χ4v) is 3.77. The Hall–Kier alpha value is -2.02. The minimum atomic E-state index is -0.0866. The average molecular weight is 389 g/mol. The molecule has 2 aromatic carbocycles. The highest BCUT2D eigenvalue weighted by molar-refractivity contribution is 7.98. The van der Waals surface area contributed by atoms with Gasteiger partial charge in [-0.2, -0.15) is 5.10 Å². The standard InChI is InChI=1S/C19H20N4OS.ClH/c1-25-19-15-10-9-13(21-18(24)16-8-5-11-20-16)12-17(15)23(22-19)14-6-3-2-4-7-14;/h2-4,6-7,9-10,12,16,20H,5,8,11H2,1H3,(H,21,24);1H. The summed E-state index contributed by atoms with van der Waals surface area (Å²) in [6.45, 7) is 0.912. The SMILES string of the molecule is CSc1nn(-c2ccccc2)c2cc(NC(=O)C3CCCN3)ccc12.Cl. The molecule has 4 rings (SSSR count). The highest BCUT2D eigenvalue weighted by atomic mass is 35.5. The van der Waals surface area contributed by atoms with Crippen LogP contribution in [0.3, 0.4) is 0 Å². The second-order valence-electron chi connectivity index (χ2n) is 6.13. The molecular formula is C19H21ClN4OS. The van der Waals surface area contributed by atoms with Gasteiger partial charge in [0.2, 0.25) is 5.91 Å². The maximum atomic E-state index is 12.4. The Labute approximate surface area is 162 Å². The number of rotatable bonds is 4. The van der Waals surface area contributed by atoms with Crippen LogP contribution in [0.15, 0.2) is 53.6 Å². The summed E-state index contributed by atoms with van der Waals surface area (Å²) in [5.41, 5.74) is 2.80. The number of benzene rings is 2. The fraction of sp³-hybridized carbons (Fsp3) is 0.263. The van der Waals surface area contributed by atoms with Crippen molar-refractivity contribution in [2.45, 2.75) is 23.9 Å². The highest BCUT2D eigenvalue weighted by Gasteiger charge is 2.22. The summed E-state index contributed by atoms with van der Waals surface area (Å²) in [5, 5.41) is 13.1. The van der Waals surface area contributed by atoms with Crippen LogP contribution in [-0.2, 0) is 4.79 Å². The minimum Gasteiger partial charge on any atom is -0.325 e. The molecule has 1 saturated heterocycles. The molecule has 26 heavy (non-hydrogen) atoms. The lowest BCUT2D eigenvalue weighted by Crippen LogP contribution is -2.35. The lowest BCUT2D eigenvalue weighted by atomic mass is 10.2. The van der Waals surface area contributed by atoms with Crippen molar-refractivity contribution in [3.8, 4) is 5.69 Å². The second kappa shape index (κ2) is 8.12. The first-order valence-electron chi connectivity index (χ1n) is 8.43. The number of halogens is 1. The highest BCUT2D eigenvalue weighted by Crippen LogP contribution is 2.30. The van der Waals surface area contributed by atoms with Crippen LogP contribution in [0.1, 0.15) is 12.8 Å². The van der Waals surface area contributed by atoms with Crippen molar-refractivity contribution in [1.29, 1.82) is 0 Å². The Morgan fingerprint density at radius 2 is 2.08 bits per heavy atom. The Kier molecular flexibility index (Phi) is 5.86. The maximum Gasteiger partial charge on any atom is 0.241 e. The van der Waals surface area contributed by atoms with Crippen LogP contribution in [0.25, 0.3) is 16.6 Å². The molecule has 7 heteroatoms. The number of aromatic nitrogens is 2. The predicted molar refractivity (Wildman–Crippen MR) is 110 cm³/mol. The molecule has 1 aliphatic rings. The monoisotopic (exact) mass is 388 g/mol. The molecule has 0 saturated carbocycles. The van der Waals surface area contributed by atoms with Gasteiger partial charge in [0.15, 0.2) is 0 Å². The number of fused-ring (bicyclic) bond motifs is 1. The van der Waals surface area contributed by atoms with Gasteiger partial charge in [-0.1, -0.05) is 18.2 Å². The van der Waals surface area contributed by atoms with Crippen molar-refractivity contribution in [3.05, 3.63) is 48.5 Å². The van der Waals surface area contributed by atoms with Crippen LogP contribution in [0, 0.1) is 0 Å². The molecule has 1 amide bonds. The van der Waals surface area contributed by atoms with Gasteiger partial charge in [0.1, 0.15) is 5.03 Å². The van der Waals surface area contributed by atoms with Gasteiger partial charge in [-0.05, 0) is 56.0 Å². The second-order valence-corrected chi connectivity index (χ2v) is 6.92. The average Bonchev–Trinajstić information content (AvgIpc) is 3.30. The number of nitrogens with one attached hydrogen (secondary N) is 2. The third kappa shape index (κ3) is 3.58. The van der Waals surface area contributed by atoms with Crippen molar-refractivity contribution < 1.29 is 4.79 Å². The number of thioether (sulfide) groups is 1. The number of carbonyl (C=O) groups is 1. The summed E-state index contributed by atoms with van der Waals surface area (Å²) in [4.78, 5) is 12.4. The van der Waals surface area contributed by atoms with Crippen molar-refractivity contribution in [2.24, 2.45) is 0 Å². The van der Waals surface area contributed by atoms with E-state index in [2.05, 4.69) is 10.6 Å². The predicted octanol–water partition coefficient (Wildman–Crippen LogP) is 3.86. The van der Waals surface area contributed by atoms with E-state index in [-0.39, 0.29) is 24.4 Å². The number of carbonyl (C=O) groups excluding carboxylic acids is 1. The molecule has 0 spiro atoms. The van der Waals surface area contributed by atoms with E-state index in [1.165, 1.54) is 0 Å². The third-order valence-corrected chi connectivity index (χ3v) is 5.17. The Balaban J connectivity index is 0.00000196. The Morgan fingerprint density at radius 3 is 2.77 bits per heavy atom. The van der Waals surface area contributed by atoms with Crippen LogP contribution >= 0.6 is 24.2 Å². The Bertz CT molecular complexity index is 907. The number of nitrogens with zero attached hydrogens (tertiary/aromatic N) is 2. The molecular weight excluding hydrogens is 368 g/mol. The number of hydrogen-bond donors (Lipinski definition) is 2. The molecule has 0 aliphatic carbocycles. The van der Waals surface area contributed by atoms with E-state index in [9.17, 15) is 4.79 Å². The molecule has 1 aromatic heterocycles. The number of hydrogen-bond acceptors (Lipinski definition) is 4. The van der Waals surface area contributed by atoms with Crippen molar-refractivity contribution in [1.82, 2.24) is 15.1 Å². The number of para-hydroxylation sites is 1. The van der Waals surface area contributed by atoms with E-state index < -0.39 is 0 Å². The lowest BCUT2D eigenvalue weighted by molar-refractivity contribution is -0.117. The molecule has 1 fully saturated rings. The normalized spacial score (nSPS) is 16.4. The van der Waals surface area contributed by atoms with Gasteiger partial charge >= 0.3 is 0 Å². The molecule has 2 N–H and O–H groups in total. The van der Waals surface area contributed by atoms with E-state index in [4.69, 9.17) is 5.10 Å². The molecule has 1 unspecified atom stereocenters. The quantitative estimate of drug-likeness (QED) is 0.666. The molecule has 5 nitrogen and oxygen atoms in total. The van der Waals surface area contributed by atoms with Gasteiger partial charge in [0, 0.05) is 11.1 Å². The Morgan fingerprint density at radius 1 is 1.27 bits per heavy atom. The van der Waals surface area contributed by atoms with E-state index in [0.717, 1.165) is 46.7 Å². The molecule has 136 valence electrons. The first-order chi connectivity index (χ1) is 12.3. The molecule has 2 heterocycles. The topological polar surface area (TPSA) is 59.0 Å². The summed E-state index contributed by atoms with van der Waals surface area (Å²) in [5.74, 6) is 0.0349. The van der Waals surface area contributed by atoms with E-state index in [1.54, 1.807) is 11.8 Å². The van der Waals surface area contributed by atoms with Crippen molar-refractivity contribution in [3.63, 3.8) is 0 Å². The van der Waals surface area contributed by atoms with E-state index in [1.807, 2.05) is 59.5 Å². The van der Waals surface area contributed by atoms with Crippen LogP contribution in [-0.4, -0.2) is 34.5 Å². The summed E-state index contributed by atoms with van der Waals surface area (Å²) >= 11 is 1.62. The minimum absolute atomic E-state index is 0. The van der Waals surface area contributed by atoms with Gasteiger partial charge in [-0.3, -0.25) is 4.79 Å². The van der Waals surface area contributed by atoms with E-state index >= 15 is 0 Å². The summed E-state index contributed by atoms with van der Waals surface area (Å²) in [7, 11) is 0. The van der Waals surface area contributed by atoms with Gasteiger partial charge < -0.3 is 10.6 Å². The van der Waals surface area contributed by atoms with Crippen molar-refractivity contribution >= 4 is 46.7 Å². The van der Waals surface area contributed by atoms with Crippen LogP contribution in [0.4, 0.5) is 5.69 Å². The van der Waals surface area contributed by atoms with Crippen LogP contribution in [0.5, 0.6) is 0 Å². The van der Waals surface area contributed by atoms with Crippen LogP contribution in [0.2, 0.25) is 0 Å². The molecule has 1 aliphatic heterocycles. The third-order valence-electron chi connectivity index (χ3n) is 4.49. The smallest absolute Gasteiger partial charge is 0.241 e. The lowest BCUT2D eigenvalue weighted by Gasteiger charge is -2.11.